The van der Waals surface area contributed by atoms with Crippen LogP contribution in [0.15, 0.2) is 48.5 Å². The zero-order chi connectivity index (χ0) is 19.3. The predicted octanol–water partition coefficient (Wildman–Crippen LogP) is 5.19. The Hall–Kier alpha value is -2.29. The second kappa shape index (κ2) is 8.39. The average Bonchev–Trinajstić information content (AvgIpc) is 2.61. The smallest absolute Gasteiger partial charge is 0.261 e. The van der Waals surface area contributed by atoms with E-state index in [1.165, 1.54) is 11.1 Å². The van der Waals surface area contributed by atoms with E-state index in [2.05, 4.69) is 69.4 Å². The normalized spacial score (nSPS) is 13.8. The van der Waals surface area contributed by atoms with E-state index in [4.69, 9.17) is 4.74 Å². The Balaban J connectivity index is 1.94. The van der Waals surface area contributed by atoms with Gasteiger partial charge in [-0.1, -0.05) is 64.1 Å². The summed E-state index contributed by atoms with van der Waals surface area (Å²) in [4.78, 5) is 12.4. The number of ether oxygens (including phenoxy) is 1. The summed E-state index contributed by atoms with van der Waals surface area (Å²) in [6, 6.07) is 16.3. The van der Waals surface area contributed by atoms with Crippen LogP contribution < -0.4 is 10.1 Å². The lowest BCUT2D eigenvalue weighted by Crippen LogP contribution is -2.37. The zero-order valence-corrected chi connectivity index (χ0v) is 16.8. The van der Waals surface area contributed by atoms with E-state index in [1.54, 1.807) is 6.92 Å². The summed E-state index contributed by atoms with van der Waals surface area (Å²) < 4.78 is 5.81. The van der Waals surface area contributed by atoms with Gasteiger partial charge in [0, 0.05) is 0 Å². The fourth-order valence-corrected chi connectivity index (χ4v) is 2.75. The van der Waals surface area contributed by atoms with Crippen molar-refractivity contribution in [2.75, 3.05) is 0 Å². The summed E-state index contributed by atoms with van der Waals surface area (Å²) in [6.07, 6.45) is 0.466. The number of aryl methyl sites for hydroxylation is 1. The minimum absolute atomic E-state index is 0.0530. The minimum Gasteiger partial charge on any atom is -0.481 e. The van der Waals surface area contributed by atoms with E-state index < -0.39 is 6.10 Å². The van der Waals surface area contributed by atoms with Crippen LogP contribution in [0.25, 0.3) is 0 Å². The monoisotopic (exact) mass is 353 g/mol. The molecule has 2 aromatic rings. The van der Waals surface area contributed by atoms with Crippen molar-refractivity contribution in [1.82, 2.24) is 5.32 Å². The summed E-state index contributed by atoms with van der Waals surface area (Å²) in [7, 11) is 0. The average molecular weight is 354 g/mol. The molecule has 2 rings (SSSR count). The molecule has 3 nitrogen and oxygen atoms in total. The molecule has 0 radical (unpaired) electrons. The molecule has 2 atom stereocenters. The van der Waals surface area contributed by atoms with E-state index in [0.717, 1.165) is 12.0 Å². The minimum atomic E-state index is -0.548. The lowest BCUT2D eigenvalue weighted by atomic mass is 9.87. The van der Waals surface area contributed by atoms with E-state index in [0.29, 0.717) is 5.75 Å². The predicted molar refractivity (Wildman–Crippen MR) is 108 cm³/mol. The van der Waals surface area contributed by atoms with Crippen LogP contribution in [0, 0.1) is 0 Å². The van der Waals surface area contributed by atoms with Crippen LogP contribution >= 0.6 is 0 Å². The van der Waals surface area contributed by atoms with Crippen molar-refractivity contribution in [2.45, 2.75) is 65.5 Å². The van der Waals surface area contributed by atoms with Crippen molar-refractivity contribution < 1.29 is 9.53 Å². The van der Waals surface area contributed by atoms with Crippen LogP contribution in [0.3, 0.4) is 0 Å². The first-order valence-electron chi connectivity index (χ1n) is 9.37. The maximum Gasteiger partial charge on any atom is 0.261 e. The largest absolute Gasteiger partial charge is 0.481 e. The summed E-state index contributed by atoms with van der Waals surface area (Å²) in [5.74, 6) is 0.595. The van der Waals surface area contributed by atoms with Crippen molar-refractivity contribution in [3.8, 4) is 5.75 Å². The molecule has 0 aliphatic heterocycles. The Labute approximate surface area is 157 Å². The van der Waals surface area contributed by atoms with Crippen molar-refractivity contribution in [3.05, 3.63) is 65.2 Å². The van der Waals surface area contributed by atoms with Gasteiger partial charge in [0.25, 0.3) is 5.91 Å². The molecule has 0 bridgehead atoms. The number of rotatable bonds is 6. The fraction of sp³-hybridized carbons (Fsp3) is 0.435. The molecule has 0 aromatic heterocycles. The van der Waals surface area contributed by atoms with Crippen molar-refractivity contribution in [1.29, 1.82) is 0 Å². The van der Waals surface area contributed by atoms with Gasteiger partial charge < -0.3 is 10.1 Å². The van der Waals surface area contributed by atoms with Crippen molar-refractivity contribution >= 4 is 5.91 Å². The molecule has 0 aliphatic carbocycles. The highest BCUT2D eigenvalue weighted by atomic mass is 16.5. The molecule has 1 N–H and O–H groups in total. The molecule has 0 aliphatic rings. The van der Waals surface area contributed by atoms with Gasteiger partial charge in [-0.15, -0.1) is 0 Å². The first kappa shape index (κ1) is 20.0. The molecule has 0 saturated heterocycles. The maximum absolute atomic E-state index is 12.4. The van der Waals surface area contributed by atoms with Crippen molar-refractivity contribution in [2.24, 2.45) is 0 Å². The third-order valence-corrected chi connectivity index (χ3v) is 4.65. The molecule has 140 valence electrons. The van der Waals surface area contributed by atoms with E-state index >= 15 is 0 Å². The van der Waals surface area contributed by atoms with Crippen LogP contribution in [0.5, 0.6) is 5.75 Å². The number of hydrogen-bond acceptors (Lipinski definition) is 2. The van der Waals surface area contributed by atoms with Gasteiger partial charge >= 0.3 is 0 Å². The molecule has 3 heteroatoms. The molecule has 0 unspecified atom stereocenters. The van der Waals surface area contributed by atoms with Gasteiger partial charge in [-0.2, -0.15) is 0 Å². The Morgan fingerprint density at radius 1 is 1.00 bits per heavy atom. The van der Waals surface area contributed by atoms with Gasteiger partial charge in [0.15, 0.2) is 6.10 Å². The Morgan fingerprint density at radius 3 is 2.08 bits per heavy atom. The van der Waals surface area contributed by atoms with Gasteiger partial charge in [0.2, 0.25) is 0 Å². The fourth-order valence-electron chi connectivity index (χ4n) is 2.75. The lowest BCUT2D eigenvalue weighted by Gasteiger charge is -2.21. The highest BCUT2D eigenvalue weighted by molar-refractivity contribution is 5.81. The molecule has 0 heterocycles. The van der Waals surface area contributed by atoms with Crippen LogP contribution in [0.2, 0.25) is 0 Å². The van der Waals surface area contributed by atoms with E-state index in [-0.39, 0.29) is 17.4 Å². The summed E-state index contributed by atoms with van der Waals surface area (Å²) >= 11 is 0. The Morgan fingerprint density at radius 2 is 1.58 bits per heavy atom. The molecule has 26 heavy (non-hydrogen) atoms. The molecule has 2 aromatic carbocycles. The number of benzene rings is 2. The molecular weight excluding hydrogens is 322 g/mol. The number of carbonyl (C=O) groups excluding carboxylic acids is 1. The first-order valence-corrected chi connectivity index (χ1v) is 9.37. The number of carbonyl (C=O) groups is 1. The van der Waals surface area contributed by atoms with Crippen molar-refractivity contribution in [3.63, 3.8) is 0 Å². The lowest BCUT2D eigenvalue weighted by molar-refractivity contribution is -0.127. The molecule has 0 spiro atoms. The number of nitrogens with one attached hydrogen (secondary N) is 1. The first-order chi connectivity index (χ1) is 12.2. The van der Waals surface area contributed by atoms with Crippen LogP contribution in [-0.4, -0.2) is 12.0 Å². The maximum atomic E-state index is 12.4. The summed E-state index contributed by atoms with van der Waals surface area (Å²) in [5, 5.41) is 3.03. The number of amides is 1. The SMILES string of the molecule is CCc1ccc([C@H](C)NC(=O)[C@@H](C)Oc2ccc(C(C)(C)C)cc2)cc1. The highest BCUT2D eigenvalue weighted by Gasteiger charge is 2.18. The Bertz CT molecular complexity index is 711. The van der Waals surface area contributed by atoms with Crippen LogP contribution in [0.1, 0.15) is 64.3 Å². The van der Waals surface area contributed by atoms with Gasteiger partial charge in [0.1, 0.15) is 5.75 Å². The Kier molecular flexibility index (Phi) is 6.47. The molecular formula is C23H31NO2. The zero-order valence-electron chi connectivity index (χ0n) is 16.8. The standard InChI is InChI=1S/C23H31NO2/c1-7-18-8-10-19(11-9-18)16(2)24-22(25)17(3)26-21-14-12-20(13-15-21)23(4,5)6/h8-17H,7H2,1-6H3,(H,24,25)/t16-,17+/m0/s1. The third kappa shape index (κ3) is 5.35. The van der Waals surface area contributed by atoms with Gasteiger partial charge in [0.05, 0.1) is 6.04 Å². The molecule has 1 amide bonds. The van der Waals surface area contributed by atoms with E-state index in [1.807, 2.05) is 19.1 Å². The summed E-state index contributed by atoms with van der Waals surface area (Å²) in [5.41, 5.74) is 3.73. The third-order valence-electron chi connectivity index (χ3n) is 4.65. The van der Waals surface area contributed by atoms with E-state index in [9.17, 15) is 4.79 Å². The van der Waals surface area contributed by atoms with Crippen LogP contribution in [0.4, 0.5) is 0 Å². The van der Waals surface area contributed by atoms with Gasteiger partial charge in [-0.25, -0.2) is 0 Å². The molecule has 0 saturated carbocycles. The molecule has 0 fully saturated rings. The van der Waals surface area contributed by atoms with Gasteiger partial charge in [-0.05, 0) is 54.5 Å². The van der Waals surface area contributed by atoms with Gasteiger partial charge in [-0.3, -0.25) is 4.79 Å². The highest BCUT2D eigenvalue weighted by Crippen LogP contribution is 2.24. The van der Waals surface area contributed by atoms with Crippen LogP contribution in [-0.2, 0) is 16.6 Å². The quantitative estimate of drug-likeness (QED) is 0.776. The number of hydrogen-bond donors (Lipinski definition) is 1. The second-order valence-corrected chi connectivity index (χ2v) is 7.86. The summed E-state index contributed by atoms with van der Waals surface area (Å²) in [6.45, 7) is 12.4. The second-order valence-electron chi connectivity index (χ2n) is 7.86. The topological polar surface area (TPSA) is 38.3 Å².